The van der Waals surface area contributed by atoms with Gasteiger partial charge < -0.3 is 5.32 Å². The Balaban J connectivity index is 1.80. The lowest BCUT2D eigenvalue weighted by atomic mass is 10.3. The minimum atomic E-state index is -4.13. The number of hydrogen-bond donors (Lipinski definition) is 2. The maximum atomic E-state index is 13.2. The smallest absolute Gasteiger partial charge is 0.264 e. The lowest BCUT2D eigenvalue weighted by molar-refractivity contribution is 0.601. The Bertz CT molecular complexity index is 1350. The fourth-order valence-corrected chi connectivity index (χ4v) is 4.47. The average molecular weight is 463 g/mol. The zero-order valence-corrected chi connectivity index (χ0v) is 17.4. The first-order valence-electron chi connectivity index (χ1n) is 8.59. The first-order valence-corrected chi connectivity index (χ1v) is 10.8. The minimum absolute atomic E-state index is 0.00805. The molecule has 10 heteroatoms. The Labute approximate surface area is 181 Å². The van der Waals surface area contributed by atoms with Crippen LogP contribution in [0.2, 0.25) is 10.0 Å². The molecule has 0 saturated heterocycles. The number of sulfonamides is 1. The van der Waals surface area contributed by atoms with Gasteiger partial charge in [0.15, 0.2) is 11.6 Å². The third kappa shape index (κ3) is 4.30. The summed E-state index contributed by atoms with van der Waals surface area (Å²) in [5, 5.41) is 3.19. The molecule has 0 saturated carbocycles. The Morgan fingerprint density at radius 3 is 2.13 bits per heavy atom. The fraction of sp³-hybridized carbons (Fsp3) is 0. The SMILES string of the molecule is O=S(=O)(Nc1nc2ccccc2nc1Nc1ccc(F)cc1)c1cc(Cl)ccc1Cl. The molecule has 0 spiro atoms. The standard InChI is InChI=1S/C20H13Cl2FN4O2S/c21-12-5-10-15(22)18(11-12)30(28,29)27-20-19(24-14-8-6-13(23)7-9-14)25-16-3-1-2-4-17(16)26-20/h1-11H,(H,24,25)(H,26,27). The van der Waals surface area contributed by atoms with E-state index in [0.29, 0.717) is 16.7 Å². The number of nitrogens with one attached hydrogen (secondary N) is 2. The van der Waals surface area contributed by atoms with Gasteiger partial charge in [0.25, 0.3) is 10.0 Å². The quantitative estimate of drug-likeness (QED) is 0.402. The van der Waals surface area contributed by atoms with E-state index in [9.17, 15) is 12.8 Å². The molecule has 0 aliphatic rings. The van der Waals surface area contributed by atoms with E-state index in [1.165, 1.54) is 42.5 Å². The lowest BCUT2D eigenvalue weighted by Crippen LogP contribution is -2.16. The van der Waals surface area contributed by atoms with Crippen molar-refractivity contribution in [2.24, 2.45) is 0 Å². The van der Waals surface area contributed by atoms with Crippen LogP contribution in [0.25, 0.3) is 11.0 Å². The van der Waals surface area contributed by atoms with Crippen LogP contribution in [0.5, 0.6) is 0 Å². The molecule has 0 fully saturated rings. The number of hydrogen-bond acceptors (Lipinski definition) is 5. The van der Waals surface area contributed by atoms with Gasteiger partial charge in [-0.2, -0.15) is 0 Å². The molecule has 0 bridgehead atoms. The number of benzene rings is 3. The van der Waals surface area contributed by atoms with Crippen LogP contribution in [0.3, 0.4) is 0 Å². The van der Waals surface area contributed by atoms with Crippen LogP contribution < -0.4 is 10.0 Å². The van der Waals surface area contributed by atoms with E-state index in [0.717, 1.165) is 0 Å². The number of aromatic nitrogens is 2. The molecule has 0 radical (unpaired) electrons. The maximum absolute atomic E-state index is 13.2. The third-order valence-corrected chi connectivity index (χ3v) is 6.15. The molecular formula is C20H13Cl2FN4O2S. The van der Waals surface area contributed by atoms with Crippen molar-refractivity contribution in [1.29, 1.82) is 0 Å². The summed E-state index contributed by atoms with van der Waals surface area (Å²) < 4.78 is 41.6. The molecule has 152 valence electrons. The zero-order valence-electron chi connectivity index (χ0n) is 15.1. The second kappa shape index (κ2) is 8.06. The number of halogens is 3. The van der Waals surface area contributed by atoms with E-state index in [-0.39, 0.29) is 26.6 Å². The topological polar surface area (TPSA) is 84.0 Å². The van der Waals surface area contributed by atoms with Crippen molar-refractivity contribution >= 4 is 61.6 Å². The highest BCUT2D eigenvalue weighted by Gasteiger charge is 2.22. The first-order chi connectivity index (χ1) is 14.3. The summed E-state index contributed by atoms with van der Waals surface area (Å²) >= 11 is 12.0. The molecule has 4 rings (SSSR count). The number of fused-ring (bicyclic) bond motifs is 1. The van der Waals surface area contributed by atoms with Crippen LogP contribution in [-0.4, -0.2) is 18.4 Å². The second-order valence-electron chi connectivity index (χ2n) is 6.22. The summed E-state index contributed by atoms with van der Waals surface area (Å²) in [6.45, 7) is 0. The van der Waals surface area contributed by atoms with Crippen LogP contribution in [0.4, 0.5) is 21.7 Å². The highest BCUT2D eigenvalue weighted by molar-refractivity contribution is 7.92. The molecule has 4 aromatic rings. The lowest BCUT2D eigenvalue weighted by Gasteiger charge is -2.14. The molecule has 0 atom stereocenters. The van der Waals surface area contributed by atoms with E-state index >= 15 is 0 Å². The van der Waals surface area contributed by atoms with Gasteiger partial charge in [0.2, 0.25) is 0 Å². The van der Waals surface area contributed by atoms with Crippen molar-refractivity contribution in [2.45, 2.75) is 4.90 Å². The molecule has 0 unspecified atom stereocenters. The van der Waals surface area contributed by atoms with Gasteiger partial charge in [-0.05, 0) is 54.6 Å². The van der Waals surface area contributed by atoms with Crippen LogP contribution in [0.15, 0.2) is 71.6 Å². The van der Waals surface area contributed by atoms with Crippen LogP contribution in [0.1, 0.15) is 0 Å². The summed E-state index contributed by atoms with van der Waals surface area (Å²) in [7, 11) is -4.13. The summed E-state index contributed by atoms with van der Waals surface area (Å²) in [5.41, 5.74) is 1.53. The van der Waals surface area contributed by atoms with Crippen molar-refractivity contribution in [3.05, 3.63) is 82.6 Å². The highest BCUT2D eigenvalue weighted by atomic mass is 35.5. The van der Waals surface area contributed by atoms with Crippen molar-refractivity contribution in [1.82, 2.24) is 9.97 Å². The third-order valence-electron chi connectivity index (χ3n) is 4.09. The number of rotatable bonds is 5. The monoisotopic (exact) mass is 462 g/mol. The second-order valence-corrected chi connectivity index (χ2v) is 8.72. The fourth-order valence-electron chi connectivity index (χ4n) is 2.69. The largest absolute Gasteiger partial charge is 0.337 e. The van der Waals surface area contributed by atoms with E-state index in [2.05, 4.69) is 20.0 Å². The number of anilines is 3. The molecule has 6 nitrogen and oxygen atoms in total. The normalized spacial score (nSPS) is 11.4. The average Bonchev–Trinajstić information content (AvgIpc) is 2.71. The maximum Gasteiger partial charge on any atom is 0.264 e. The summed E-state index contributed by atoms with van der Waals surface area (Å²) in [6.07, 6.45) is 0. The van der Waals surface area contributed by atoms with Crippen molar-refractivity contribution in [2.75, 3.05) is 10.0 Å². The van der Waals surface area contributed by atoms with Gasteiger partial charge in [0.1, 0.15) is 10.7 Å². The Morgan fingerprint density at radius 1 is 0.833 bits per heavy atom. The number of para-hydroxylation sites is 2. The summed E-state index contributed by atoms with van der Waals surface area (Å²) in [5.74, 6) is -0.308. The van der Waals surface area contributed by atoms with Crippen LogP contribution in [-0.2, 0) is 10.0 Å². The molecule has 1 aromatic heterocycles. The molecule has 0 aliphatic carbocycles. The van der Waals surface area contributed by atoms with Gasteiger partial charge in [-0.25, -0.2) is 22.8 Å². The van der Waals surface area contributed by atoms with E-state index in [4.69, 9.17) is 23.2 Å². The van der Waals surface area contributed by atoms with E-state index in [1.54, 1.807) is 24.3 Å². The Kier molecular flexibility index (Phi) is 5.46. The van der Waals surface area contributed by atoms with Crippen LogP contribution >= 0.6 is 23.2 Å². The van der Waals surface area contributed by atoms with Gasteiger partial charge in [-0.15, -0.1) is 0 Å². The van der Waals surface area contributed by atoms with Crippen molar-refractivity contribution < 1.29 is 12.8 Å². The van der Waals surface area contributed by atoms with E-state index < -0.39 is 15.8 Å². The first kappa shape index (κ1) is 20.3. The summed E-state index contributed by atoms with van der Waals surface area (Å²) in [6, 6.07) is 16.6. The van der Waals surface area contributed by atoms with Gasteiger partial charge in [-0.3, -0.25) is 4.72 Å². The molecule has 0 aliphatic heterocycles. The van der Waals surface area contributed by atoms with Gasteiger partial charge in [0, 0.05) is 10.7 Å². The predicted octanol–water partition coefficient (Wildman–Crippen LogP) is 5.62. The van der Waals surface area contributed by atoms with E-state index in [1.807, 2.05) is 0 Å². The molecule has 3 aromatic carbocycles. The highest BCUT2D eigenvalue weighted by Crippen LogP contribution is 2.30. The Morgan fingerprint density at radius 2 is 1.47 bits per heavy atom. The predicted molar refractivity (Wildman–Crippen MR) is 116 cm³/mol. The van der Waals surface area contributed by atoms with Crippen molar-refractivity contribution in [3.63, 3.8) is 0 Å². The minimum Gasteiger partial charge on any atom is -0.337 e. The van der Waals surface area contributed by atoms with Gasteiger partial charge in [0.05, 0.1) is 16.1 Å². The van der Waals surface area contributed by atoms with Gasteiger partial charge >= 0.3 is 0 Å². The molecule has 1 heterocycles. The van der Waals surface area contributed by atoms with Crippen molar-refractivity contribution in [3.8, 4) is 0 Å². The van der Waals surface area contributed by atoms with Gasteiger partial charge in [-0.1, -0.05) is 35.3 Å². The number of nitrogens with zero attached hydrogens (tertiary/aromatic N) is 2. The zero-order chi connectivity index (χ0) is 21.3. The molecule has 30 heavy (non-hydrogen) atoms. The van der Waals surface area contributed by atoms with Crippen LogP contribution in [0, 0.1) is 5.82 Å². The molecule has 0 amide bonds. The molecular weight excluding hydrogens is 450 g/mol. The molecule has 2 N–H and O–H groups in total. The Hall–Kier alpha value is -2.94. The summed E-state index contributed by atoms with van der Waals surface area (Å²) in [4.78, 5) is 8.65.